The average Bonchev–Trinajstić information content (AvgIpc) is 3.63. The number of amides is 1. The summed E-state index contributed by atoms with van der Waals surface area (Å²) in [6.45, 7) is 25.5. The minimum absolute atomic E-state index is 0.0262. The second kappa shape index (κ2) is 18.4. The molecular formula is C45H56Cl2N3O2Ru-. The van der Waals surface area contributed by atoms with Gasteiger partial charge < -0.3 is 9.80 Å². The van der Waals surface area contributed by atoms with Crippen molar-refractivity contribution in [1.29, 1.82) is 0 Å². The molecule has 6 rings (SSSR count). The van der Waals surface area contributed by atoms with Gasteiger partial charge in [-0.1, -0.05) is 91.8 Å². The van der Waals surface area contributed by atoms with E-state index in [1.807, 2.05) is 60.1 Å². The fraction of sp³-hybridized carbons (Fsp3) is 0.400. The molecule has 53 heavy (non-hydrogen) atoms. The third-order valence-electron chi connectivity index (χ3n) is 10.0. The summed E-state index contributed by atoms with van der Waals surface area (Å²) in [7, 11) is 12.1. The summed E-state index contributed by atoms with van der Waals surface area (Å²) in [5.74, 6) is 2.72. The molecule has 5 nitrogen and oxygen atoms in total. The van der Waals surface area contributed by atoms with Crippen molar-refractivity contribution in [2.75, 3.05) is 34.3 Å². The number of para-hydroxylation sites is 3. The van der Waals surface area contributed by atoms with Crippen LogP contribution in [0.5, 0.6) is 5.75 Å². The van der Waals surface area contributed by atoms with E-state index in [-0.39, 0.29) is 12.0 Å². The van der Waals surface area contributed by atoms with Crippen LogP contribution in [0.2, 0.25) is 0 Å². The van der Waals surface area contributed by atoms with E-state index < -0.39 is 13.5 Å². The normalized spacial score (nSPS) is 15.8. The summed E-state index contributed by atoms with van der Waals surface area (Å²) in [6.07, 6.45) is 0.765. The van der Waals surface area contributed by atoms with E-state index in [1.165, 1.54) is 33.6 Å². The van der Waals surface area contributed by atoms with Crippen molar-refractivity contribution in [3.8, 4) is 5.75 Å². The summed E-state index contributed by atoms with van der Waals surface area (Å²) in [6, 6.07) is 28.7. The van der Waals surface area contributed by atoms with Crippen molar-refractivity contribution in [3.63, 3.8) is 0 Å². The van der Waals surface area contributed by atoms with Crippen molar-refractivity contribution < 1.29 is 23.0 Å². The van der Waals surface area contributed by atoms with Crippen molar-refractivity contribution in [2.45, 2.75) is 98.5 Å². The van der Waals surface area contributed by atoms with Crippen LogP contribution in [-0.2, 0) is 13.5 Å². The number of rotatable bonds is 9. The Morgan fingerprint density at radius 1 is 0.736 bits per heavy atom. The predicted molar refractivity (Wildman–Crippen MR) is 224 cm³/mol. The van der Waals surface area contributed by atoms with E-state index in [4.69, 9.17) is 24.1 Å². The molecule has 0 aromatic heterocycles. The van der Waals surface area contributed by atoms with Crippen LogP contribution in [-0.4, -0.2) is 36.3 Å². The number of ether oxygens (including phenoxy) is 1. The summed E-state index contributed by atoms with van der Waals surface area (Å²) in [5, 5.41) is 0. The number of hydrogen-bond donors (Lipinski definition) is 0. The molecule has 0 bridgehead atoms. The average molecular weight is 843 g/mol. The van der Waals surface area contributed by atoms with Crippen LogP contribution in [0.25, 0.3) is 0 Å². The molecule has 1 fully saturated rings. The number of anilines is 3. The molecule has 2 aliphatic rings. The number of fused-ring (bicyclic) bond motifs is 1. The molecule has 0 N–H and O–H groups in total. The molecular weight excluding hydrogens is 786 g/mol. The monoisotopic (exact) mass is 842 g/mol. The topological polar surface area (TPSA) is 36.0 Å². The molecule has 286 valence electrons. The zero-order chi connectivity index (χ0) is 38.4. The third kappa shape index (κ3) is 9.56. The molecule has 2 heterocycles. The van der Waals surface area contributed by atoms with Crippen LogP contribution in [0.3, 0.4) is 0 Å². The number of carbonyl (C=O) groups excluding carboxylic acids is 1. The Morgan fingerprint density at radius 3 is 1.64 bits per heavy atom. The maximum atomic E-state index is 13.0. The predicted octanol–water partition coefficient (Wildman–Crippen LogP) is 12.2. The van der Waals surface area contributed by atoms with Gasteiger partial charge >= 0.3 is 155 Å². The zero-order valence-electron chi connectivity index (χ0n) is 32.7. The van der Waals surface area contributed by atoms with Gasteiger partial charge in [0.05, 0.1) is 0 Å². The Hall–Kier alpha value is -3.18. The summed E-state index contributed by atoms with van der Waals surface area (Å²) >= 11 is -1.99. The Morgan fingerprint density at radius 2 is 1.21 bits per heavy atom. The fourth-order valence-electron chi connectivity index (χ4n) is 7.22. The van der Waals surface area contributed by atoms with Crippen LogP contribution in [0.15, 0.2) is 84.9 Å². The number of halogens is 2. The van der Waals surface area contributed by atoms with Gasteiger partial charge in [0.15, 0.2) is 0 Å². The van der Waals surface area contributed by atoms with Gasteiger partial charge in [0.1, 0.15) is 0 Å². The molecule has 0 saturated carbocycles. The van der Waals surface area contributed by atoms with Crippen LogP contribution >= 0.6 is 19.4 Å². The van der Waals surface area contributed by atoms with Gasteiger partial charge in [0.25, 0.3) is 0 Å². The first-order chi connectivity index (χ1) is 25.3. The van der Waals surface area contributed by atoms with E-state index in [2.05, 4.69) is 108 Å². The number of nitrogens with zero attached hydrogens (tertiary/aromatic N) is 3. The molecule has 8 heteroatoms. The van der Waals surface area contributed by atoms with Crippen LogP contribution in [0, 0.1) is 6.67 Å². The molecule has 2 aliphatic heterocycles. The molecule has 1 amide bonds. The van der Waals surface area contributed by atoms with Crippen molar-refractivity contribution >= 4 is 47.0 Å². The van der Waals surface area contributed by atoms with Gasteiger partial charge in [-0.25, -0.2) is 0 Å². The molecule has 4 aromatic carbocycles. The Labute approximate surface area is 331 Å². The molecule has 4 aromatic rings. The molecule has 0 spiro atoms. The van der Waals surface area contributed by atoms with Crippen molar-refractivity contribution in [1.82, 2.24) is 0 Å². The summed E-state index contributed by atoms with van der Waals surface area (Å²) < 4.78 is 7.97. The van der Waals surface area contributed by atoms with E-state index in [0.717, 1.165) is 30.8 Å². The standard InChI is InChI=1S/C27H39N2.C18H17NO2.2ClH.Ru/c1-18(2)22-11-9-12-23(19(3)4)26(22)28-15-16-29(17-28)27-24(20(5)6)13-10-14-25(27)21(7)8;1-3-15-12-19(18(20)14-9-5-4-6-10-14)16-11-7-8-13(2)17(16)21-15;;;/h9-14,17-21H,15-16H2,1-8H3;2,4-11,15H,3,12H2,1H3;2*1H;/q-1;;;;+2/p-2. The zero-order valence-corrected chi connectivity index (χ0v) is 36.0. The Balaban J connectivity index is 0.000000208. The maximum absolute atomic E-state index is 13.0. The first-order valence-corrected chi connectivity index (χ1v) is 24.4. The third-order valence-corrected chi connectivity index (χ3v) is 11.8. The van der Waals surface area contributed by atoms with Crippen LogP contribution < -0.4 is 19.4 Å². The molecule has 1 atom stereocenters. The molecule has 1 saturated heterocycles. The first kappa shape index (κ1) is 41.0. The second-order valence-electron chi connectivity index (χ2n) is 15.1. The van der Waals surface area contributed by atoms with E-state index in [9.17, 15) is 4.79 Å². The van der Waals surface area contributed by atoms with Crippen LogP contribution in [0.1, 0.15) is 131 Å². The Bertz CT molecular complexity index is 1770. The van der Waals surface area contributed by atoms with Gasteiger partial charge in [-0.05, 0) is 45.9 Å². The van der Waals surface area contributed by atoms with Gasteiger partial charge in [-0.2, -0.15) is 6.67 Å². The van der Waals surface area contributed by atoms with Crippen LogP contribution in [0.4, 0.5) is 17.1 Å². The minimum atomic E-state index is -1.99. The van der Waals surface area contributed by atoms with Crippen molar-refractivity contribution in [3.05, 3.63) is 125 Å². The second-order valence-corrected chi connectivity index (χ2v) is 20.8. The summed E-state index contributed by atoms with van der Waals surface area (Å²) in [5.41, 5.74) is 11.0. The van der Waals surface area contributed by atoms with Gasteiger partial charge in [0.2, 0.25) is 0 Å². The Kier molecular flexibility index (Phi) is 14.3. The fourth-order valence-corrected chi connectivity index (χ4v) is 9.01. The quantitative estimate of drug-likeness (QED) is 0.124. The van der Waals surface area contributed by atoms with Crippen molar-refractivity contribution in [2.24, 2.45) is 0 Å². The van der Waals surface area contributed by atoms with Gasteiger partial charge in [-0.3, -0.25) is 0 Å². The molecule has 1 unspecified atom stereocenters. The first-order valence-electron chi connectivity index (χ1n) is 19.0. The van der Waals surface area contributed by atoms with Gasteiger partial charge in [-0.15, -0.1) is 0 Å². The number of benzene rings is 4. The number of carbonyl (C=O) groups is 1. The van der Waals surface area contributed by atoms with E-state index >= 15 is 0 Å². The van der Waals surface area contributed by atoms with Gasteiger partial charge in [0, 0.05) is 24.5 Å². The number of hydrogen-bond acceptors (Lipinski definition) is 4. The molecule has 0 radical (unpaired) electrons. The van der Waals surface area contributed by atoms with E-state index in [0.29, 0.717) is 41.5 Å². The SMILES string of the molecule is CC(C)c1cccc(C(C)C)c1N1[CH-]N(c2c(C(C)C)cccc2C(C)C)CC1.CCC1CN(C(=O)c2ccccc2)c2cccc([CH]=[Ru]([Cl])[Cl])c2O1. The summed E-state index contributed by atoms with van der Waals surface area (Å²) in [4.78, 5) is 19.8. The van der Waals surface area contributed by atoms with E-state index in [1.54, 1.807) is 4.90 Å². The molecule has 0 aliphatic carbocycles.